The molecule has 4 saturated heterocycles. The first-order valence-electron chi connectivity index (χ1n) is 18.1. The Morgan fingerprint density at radius 3 is 2.73 bits per heavy atom. The van der Waals surface area contributed by atoms with Crippen molar-refractivity contribution in [3.8, 4) is 23.3 Å². The molecule has 2 N–H and O–H groups in total. The maximum absolute atomic E-state index is 17.6. The summed E-state index contributed by atoms with van der Waals surface area (Å²) >= 11 is 0.964. The van der Waals surface area contributed by atoms with E-state index in [9.17, 15) is 5.26 Å². The van der Waals surface area contributed by atoms with Gasteiger partial charge in [-0.2, -0.15) is 15.2 Å². The third-order valence-corrected chi connectivity index (χ3v) is 12.9. The number of thiophene rings is 1. The van der Waals surface area contributed by atoms with Gasteiger partial charge < -0.3 is 24.8 Å². The van der Waals surface area contributed by atoms with E-state index in [0.717, 1.165) is 101 Å². The highest BCUT2D eigenvalue weighted by Gasteiger charge is 2.48. The van der Waals surface area contributed by atoms with Crippen LogP contribution in [0.5, 0.6) is 6.01 Å². The number of pyridine rings is 1. The van der Waals surface area contributed by atoms with Crippen LogP contribution in [0, 0.1) is 28.9 Å². The smallest absolute Gasteiger partial charge is 0.319 e. The van der Waals surface area contributed by atoms with Gasteiger partial charge in [-0.1, -0.05) is 6.92 Å². The van der Waals surface area contributed by atoms with Crippen molar-refractivity contribution in [2.24, 2.45) is 5.92 Å². The first-order valence-corrected chi connectivity index (χ1v) is 18.9. The van der Waals surface area contributed by atoms with Gasteiger partial charge in [0.2, 0.25) is 0 Å². The predicted molar refractivity (Wildman–Crippen MR) is 191 cm³/mol. The van der Waals surface area contributed by atoms with Gasteiger partial charge in [0.05, 0.1) is 46.3 Å². The molecule has 14 heteroatoms. The number of aromatic nitrogens is 3. The average molecular weight is 717 g/mol. The summed E-state index contributed by atoms with van der Waals surface area (Å²) < 4.78 is 50.7. The van der Waals surface area contributed by atoms with Crippen LogP contribution in [-0.4, -0.2) is 95.4 Å². The van der Waals surface area contributed by atoms with Crippen LogP contribution < -0.4 is 15.4 Å². The molecule has 2 bridgehead atoms. The molecule has 1 aromatic carbocycles. The molecule has 0 amide bonds. The normalized spacial score (nSPS) is 26.0. The Morgan fingerprint density at radius 1 is 1.14 bits per heavy atom. The Balaban J connectivity index is 1.21. The molecule has 4 fully saturated rings. The van der Waals surface area contributed by atoms with Crippen molar-refractivity contribution in [1.29, 1.82) is 5.26 Å². The summed E-state index contributed by atoms with van der Waals surface area (Å²) in [6.45, 7) is 8.63. The fourth-order valence-electron chi connectivity index (χ4n) is 9.85. The van der Waals surface area contributed by atoms with Crippen molar-refractivity contribution in [3.63, 3.8) is 0 Å². The summed E-state index contributed by atoms with van der Waals surface area (Å²) in [5.41, 5.74) is 8.02. The number of fused-ring (bicyclic) bond motifs is 7. The Labute approximate surface area is 299 Å². The quantitative estimate of drug-likeness (QED) is 0.217. The van der Waals surface area contributed by atoms with Crippen LogP contribution in [0.2, 0.25) is 0 Å². The number of benzene rings is 1. The second kappa shape index (κ2) is 12.7. The highest BCUT2D eigenvalue weighted by molar-refractivity contribution is 7.23. The number of nitrogens with two attached hydrogens (primary N) is 1. The molecule has 9 rings (SSSR count). The summed E-state index contributed by atoms with van der Waals surface area (Å²) in [7, 11) is 1.73. The number of rotatable bonds is 9. The van der Waals surface area contributed by atoms with E-state index >= 15 is 8.78 Å². The number of nitrogen functional groups attached to an aromatic ring is 1. The second-order valence-electron chi connectivity index (χ2n) is 15.1. The van der Waals surface area contributed by atoms with Crippen LogP contribution in [0.25, 0.3) is 32.2 Å². The molecule has 5 aliphatic heterocycles. The summed E-state index contributed by atoms with van der Waals surface area (Å²) in [6, 6.07) is 2.65. The second-order valence-corrected chi connectivity index (χ2v) is 16.1. The maximum atomic E-state index is 17.6. The van der Waals surface area contributed by atoms with Crippen molar-refractivity contribution in [2.75, 3.05) is 63.7 Å². The molecular formula is C37H42F2N8O3S. The topological polar surface area (TPSA) is 126 Å². The van der Waals surface area contributed by atoms with Gasteiger partial charge in [-0.15, -0.1) is 11.3 Å². The number of nitriles is 1. The van der Waals surface area contributed by atoms with Crippen molar-refractivity contribution >= 4 is 43.1 Å². The van der Waals surface area contributed by atoms with Crippen LogP contribution in [0.1, 0.15) is 62.1 Å². The number of halogens is 2. The van der Waals surface area contributed by atoms with E-state index in [1.807, 2.05) is 0 Å². The minimum atomic E-state index is -0.613. The van der Waals surface area contributed by atoms with E-state index in [4.69, 9.17) is 29.9 Å². The molecule has 8 heterocycles. The molecule has 4 atom stereocenters. The standard InChI is InChI=1S/C37H42F2N8O3S/c1-20-11-37(7-3-9-46(37)14-20)19-50-36-43-32-29(35(44-36)47-21-5-6-22(47)16-45(15-21)8-4-10-48-2)25-18-49-17-24(25)27(30(32)39)31-28-23(12-40)34(41)51-33(28)26(38)13-42-31/h13,20-22H,3-11,14-19,41H2,1-2H3/t20-,21?,22?,37-/m0/s1. The molecule has 268 valence electrons. The van der Waals surface area contributed by atoms with Crippen molar-refractivity contribution in [2.45, 2.75) is 76.3 Å². The highest BCUT2D eigenvalue weighted by Crippen LogP contribution is 2.48. The van der Waals surface area contributed by atoms with Crippen molar-refractivity contribution in [1.82, 2.24) is 24.8 Å². The van der Waals surface area contributed by atoms with Crippen molar-refractivity contribution < 1.29 is 23.0 Å². The van der Waals surface area contributed by atoms with Gasteiger partial charge >= 0.3 is 6.01 Å². The molecule has 51 heavy (non-hydrogen) atoms. The SMILES string of the molecule is COCCCN1CC2CCC(C1)N2c1nc(OC[C@@]23CCCN2C[C@@H](C)C3)nc2c(F)c(-c3ncc(F)c4sc(N)c(C#N)c34)c3c(c12)COC3. The zero-order valence-corrected chi connectivity index (χ0v) is 29.8. The van der Waals surface area contributed by atoms with E-state index in [0.29, 0.717) is 29.3 Å². The maximum Gasteiger partial charge on any atom is 0.319 e. The lowest BCUT2D eigenvalue weighted by atomic mass is 9.91. The fraction of sp³-hybridized carbons (Fsp3) is 0.568. The monoisotopic (exact) mass is 716 g/mol. The van der Waals surface area contributed by atoms with E-state index in [1.54, 1.807) is 7.11 Å². The molecule has 4 aromatic rings. The highest BCUT2D eigenvalue weighted by atomic mass is 32.1. The van der Waals surface area contributed by atoms with Crippen LogP contribution >= 0.6 is 11.3 Å². The Bertz CT molecular complexity index is 2080. The largest absolute Gasteiger partial charge is 0.461 e. The van der Waals surface area contributed by atoms with E-state index in [-0.39, 0.29) is 74.3 Å². The lowest BCUT2D eigenvalue weighted by molar-refractivity contribution is 0.107. The van der Waals surface area contributed by atoms with E-state index in [1.165, 1.54) is 0 Å². The third-order valence-electron chi connectivity index (χ3n) is 11.9. The van der Waals surface area contributed by atoms with Gasteiger partial charge in [0.1, 0.15) is 29.0 Å². The molecule has 0 radical (unpaired) electrons. The Morgan fingerprint density at radius 2 is 1.94 bits per heavy atom. The lowest BCUT2D eigenvalue weighted by Crippen LogP contribution is -2.54. The molecule has 2 unspecified atom stereocenters. The first-order chi connectivity index (χ1) is 24.8. The molecule has 5 aliphatic rings. The minimum Gasteiger partial charge on any atom is -0.461 e. The van der Waals surface area contributed by atoms with Gasteiger partial charge in [-0.05, 0) is 62.1 Å². The van der Waals surface area contributed by atoms with Crippen LogP contribution in [0.3, 0.4) is 0 Å². The van der Waals surface area contributed by atoms with Gasteiger partial charge in [0, 0.05) is 62.9 Å². The number of piperazine rings is 1. The summed E-state index contributed by atoms with van der Waals surface area (Å²) in [4.78, 5) is 21.8. The van der Waals surface area contributed by atoms with Crippen LogP contribution in [-0.2, 0) is 22.7 Å². The number of nitrogens with zero attached hydrogens (tertiary/aromatic N) is 7. The first kappa shape index (κ1) is 33.1. The number of methoxy groups -OCH3 is 1. The third kappa shape index (κ3) is 5.26. The molecule has 11 nitrogen and oxygen atoms in total. The average Bonchev–Trinajstić information content (AvgIpc) is 3.93. The van der Waals surface area contributed by atoms with Crippen molar-refractivity contribution in [3.05, 3.63) is 34.5 Å². The molecular weight excluding hydrogens is 675 g/mol. The molecule has 0 spiro atoms. The number of likely N-dealkylation sites (tertiary alicyclic amines) is 1. The number of hydrogen-bond donors (Lipinski definition) is 1. The van der Waals surface area contributed by atoms with Gasteiger partial charge in [-0.25, -0.2) is 8.78 Å². The zero-order valence-electron chi connectivity index (χ0n) is 29.0. The Kier molecular flexibility index (Phi) is 8.27. The predicted octanol–water partition coefficient (Wildman–Crippen LogP) is 5.61. The molecule has 0 saturated carbocycles. The number of ether oxygens (including phenoxy) is 3. The van der Waals surface area contributed by atoms with Gasteiger partial charge in [0.25, 0.3) is 0 Å². The lowest BCUT2D eigenvalue weighted by Gasteiger charge is -2.42. The summed E-state index contributed by atoms with van der Waals surface area (Å²) in [5.74, 6) is 0.0311. The fourth-order valence-corrected chi connectivity index (χ4v) is 10.8. The number of hydrogen-bond acceptors (Lipinski definition) is 12. The van der Waals surface area contributed by atoms with Crippen LogP contribution in [0.15, 0.2) is 6.20 Å². The van der Waals surface area contributed by atoms with Gasteiger partial charge in [-0.3, -0.25) is 14.8 Å². The van der Waals surface area contributed by atoms with Gasteiger partial charge in [0.15, 0.2) is 11.6 Å². The molecule has 3 aromatic heterocycles. The molecule has 0 aliphatic carbocycles. The minimum absolute atomic E-state index is 0.0730. The van der Waals surface area contributed by atoms with E-state index < -0.39 is 11.6 Å². The number of anilines is 2. The zero-order chi connectivity index (χ0) is 35.0. The van der Waals surface area contributed by atoms with Crippen LogP contribution in [0.4, 0.5) is 19.6 Å². The Hall–Kier alpha value is -3.74. The summed E-state index contributed by atoms with van der Waals surface area (Å²) in [5, 5.41) is 11.0. The van der Waals surface area contributed by atoms with E-state index in [2.05, 4.69) is 32.7 Å². The summed E-state index contributed by atoms with van der Waals surface area (Å²) in [6.07, 6.45) is 7.27.